The van der Waals surface area contributed by atoms with Gasteiger partial charge in [0.2, 0.25) is 5.91 Å². The standard InChI is InChI=1S/C49H50ClN9O8/c1-2-49(65)37-23-41-44-30(25-59(41)47(63)36(37)27-66-48(49)64)21-34-35(42(60)11-9-39(34)53-44)26-56-17-19-58(20-18-56)46(62)28-13-15-57(16-14-28)43-12-10-40(54-55-43)45(61)52-31-4-7-32(8-5-31)67-33-6-3-29(24-51)38(50)22-33/h3,6,9-12,21-23,28,31-32,60,65H,2,4-5,7-8,13-20,25-27H2,1H3,(H,52,61)/t31?,32?,49-/m0/s1. The second-order valence-corrected chi connectivity index (χ2v) is 18.6. The van der Waals surface area contributed by atoms with Gasteiger partial charge in [-0.2, -0.15) is 5.26 Å². The molecular weight excluding hydrogens is 878 g/mol. The first-order valence-corrected chi connectivity index (χ1v) is 23.4. The van der Waals surface area contributed by atoms with Crippen LogP contribution in [0.3, 0.4) is 0 Å². The maximum absolute atomic E-state index is 13.8. The molecule has 2 aromatic carbocycles. The third kappa shape index (κ3) is 8.31. The minimum atomic E-state index is -1.91. The highest BCUT2D eigenvalue weighted by Gasteiger charge is 2.45. The summed E-state index contributed by atoms with van der Waals surface area (Å²) < 4.78 is 12.9. The maximum atomic E-state index is 13.8. The molecule has 346 valence electrons. The Bertz CT molecular complexity index is 2900. The van der Waals surface area contributed by atoms with Gasteiger partial charge in [-0.3, -0.25) is 19.3 Å². The third-order valence-electron chi connectivity index (χ3n) is 14.3. The van der Waals surface area contributed by atoms with Crippen LogP contribution in [0.15, 0.2) is 59.4 Å². The number of hydrogen-bond donors (Lipinski definition) is 3. The number of nitrogens with one attached hydrogen (secondary N) is 1. The first-order valence-electron chi connectivity index (χ1n) is 23.0. The Balaban J connectivity index is 0.701. The van der Waals surface area contributed by atoms with Crippen molar-refractivity contribution >= 4 is 46.1 Å². The van der Waals surface area contributed by atoms with Gasteiger partial charge in [0.25, 0.3) is 11.5 Å². The summed E-state index contributed by atoms with van der Waals surface area (Å²) in [6.45, 7) is 5.86. The number of fused-ring (bicyclic) bond motifs is 5. The largest absolute Gasteiger partial charge is 0.508 e. The molecule has 5 aliphatic rings. The highest BCUT2D eigenvalue weighted by atomic mass is 35.5. The topological polar surface area (TPSA) is 216 Å². The number of cyclic esters (lactones) is 1. The van der Waals surface area contributed by atoms with Crippen LogP contribution in [-0.4, -0.2) is 109 Å². The SMILES string of the molecule is CC[C@@]1(O)C(=O)OCc2c1cc1n(c2=O)Cc2cc3c(CN4CCN(C(=O)C5CCN(c6ccc(C(=O)NC7CCC(Oc8ccc(C#N)c(Cl)c8)CC7)nn6)CC5)CC4)c(O)ccc3nc2-1. The molecule has 0 unspecified atom stereocenters. The number of rotatable bonds is 9. The summed E-state index contributed by atoms with van der Waals surface area (Å²) in [5.74, 6) is 0.438. The number of nitrogens with zero attached hydrogens (tertiary/aromatic N) is 8. The first kappa shape index (κ1) is 44.2. The number of carbonyl (C=O) groups excluding carboxylic acids is 3. The number of anilines is 1. The van der Waals surface area contributed by atoms with Gasteiger partial charge >= 0.3 is 5.97 Å². The van der Waals surface area contributed by atoms with Gasteiger partial charge in [-0.25, -0.2) is 9.78 Å². The zero-order chi connectivity index (χ0) is 46.6. The number of aliphatic hydroxyl groups is 1. The van der Waals surface area contributed by atoms with Gasteiger partial charge in [-0.15, -0.1) is 10.2 Å². The molecule has 4 aliphatic heterocycles. The molecule has 2 amide bonds. The summed E-state index contributed by atoms with van der Waals surface area (Å²) in [5, 5.41) is 44.3. The molecule has 1 aliphatic carbocycles. The average molecular weight is 928 g/mol. The summed E-state index contributed by atoms with van der Waals surface area (Å²) in [6, 6.07) is 17.6. The number of piperazine rings is 1. The van der Waals surface area contributed by atoms with E-state index in [-0.39, 0.29) is 77.6 Å². The highest BCUT2D eigenvalue weighted by molar-refractivity contribution is 6.31. The van der Waals surface area contributed by atoms with Crippen molar-refractivity contribution in [1.82, 2.24) is 34.9 Å². The number of halogens is 1. The quantitative estimate of drug-likeness (QED) is 0.167. The number of ether oxygens (including phenoxy) is 2. The van der Waals surface area contributed by atoms with Crippen molar-refractivity contribution in [3.8, 4) is 29.0 Å². The monoisotopic (exact) mass is 927 g/mol. The van der Waals surface area contributed by atoms with Crippen LogP contribution in [0, 0.1) is 17.2 Å². The van der Waals surface area contributed by atoms with Crippen LogP contribution in [0.4, 0.5) is 5.82 Å². The number of piperidine rings is 1. The lowest BCUT2D eigenvalue weighted by Crippen LogP contribution is -2.51. The summed E-state index contributed by atoms with van der Waals surface area (Å²) in [4.78, 5) is 64.3. The minimum Gasteiger partial charge on any atom is -0.508 e. The number of hydrogen-bond acceptors (Lipinski definition) is 14. The van der Waals surface area contributed by atoms with Gasteiger partial charge in [0.05, 0.1) is 45.7 Å². The fourth-order valence-corrected chi connectivity index (χ4v) is 10.5. The summed E-state index contributed by atoms with van der Waals surface area (Å²) in [7, 11) is 0. The minimum absolute atomic E-state index is 0.00492. The summed E-state index contributed by atoms with van der Waals surface area (Å²) >= 11 is 6.16. The van der Waals surface area contributed by atoms with Crippen molar-refractivity contribution in [2.45, 2.75) is 89.3 Å². The number of esters is 1. The second kappa shape index (κ2) is 17.9. The number of phenols is 1. The zero-order valence-corrected chi connectivity index (χ0v) is 37.8. The van der Waals surface area contributed by atoms with Crippen molar-refractivity contribution in [3.63, 3.8) is 0 Å². The van der Waals surface area contributed by atoms with Gasteiger partial charge in [-0.05, 0) is 93.5 Å². The molecule has 67 heavy (non-hydrogen) atoms. The first-order chi connectivity index (χ1) is 32.4. The van der Waals surface area contributed by atoms with E-state index >= 15 is 0 Å². The van der Waals surface area contributed by atoms with E-state index in [2.05, 4.69) is 25.3 Å². The van der Waals surface area contributed by atoms with E-state index in [0.717, 1.165) is 42.2 Å². The smallest absolute Gasteiger partial charge is 0.343 e. The van der Waals surface area contributed by atoms with E-state index in [4.69, 9.17) is 31.3 Å². The number of pyridine rings is 2. The predicted molar refractivity (Wildman–Crippen MR) is 245 cm³/mol. The Morgan fingerprint density at radius 2 is 1.75 bits per heavy atom. The lowest BCUT2D eigenvalue weighted by atomic mass is 9.86. The number of aromatic nitrogens is 4. The fourth-order valence-electron chi connectivity index (χ4n) is 10.3. The van der Waals surface area contributed by atoms with Crippen LogP contribution >= 0.6 is 11.6 Å². The number of nitriles is 1. The van der Waals surface area contributed by atoms with Crippen molar-refractivity contribution in [2.75, 3.05) is 44.2 Å². The highest BCUT2D eigenvalue weighted by Crippen LogP contribution is 2.40. The van der Waals surface area contributed by atoms with Crippen LogP contribution in [0.1, 0.15) is 90.2 Å². The van der Waals surface area contributed by atoms with Crippen molar-refractivity contribution < 1.29 is 34.1 Å². The second-order valence-electron chi connectivity index (χ2n) is 18.2. The number of phenolic OH excluding ortho intramolecular Hbond substituents is 1. The van der Waals surface area contributed by atoms with Gasteiger partial charge in [-0.1, -0.05) is 18.5 Å². The van der Waals surface area contributed by atoms with E-state index in [0.29, 0.717) is 97.7 Å². The molecule has 0 radical (unpaired) electrons. The molecule has 17 nitrogen and oxygen atoms in total. The molecular formula is C49H50ClN9O8. The molecule has 3 fully saturated rings. The van der Waals surface area contributed by atoms with Crippen LogP contribution in [-0.2, 0) is 39.6 Å². The third-order valence-corrected chi connectivity index (χ3v) is 14.6. The Morgan fingerprint density at radius 1 is 0.970 bits per heavy atom. The van der Waals surface area contributed by atoms with E-state index < -0.39 is 11.6 Å². The number of benzene rings is 2. The molecule has 7 heterocycles. The molecule has 1 saturated carbocycles. The van der Waals surface area contributed by atoms with Crippen molar-refractivity contribution in [3.05, 3.63) is 103 Å². The fraction of sp³-hybridized carbons (Fsp3) is 0.429. The average Bonchev–Trinajstić information content (AvgIpc) is 3.71. The molecule has 10 rings (SSSR count). The van der Waals surface area contributed by atoms with E-state index in [1.807, 2.05) is 23.1 Å². The molecule has 18 heteroatoms. The lowest BCUT2D eigenvalue weighted by molar-refractivity contribution is -0.172. The lowest BCUT2D eigenvalue weighted by Gasteiger charge is -2.39. The van der Waals surface area contributed by atoms with Crippen LogP contribution in [0.5, 0.6) is 11.5 Å². The Hall–Kier alpha value is -6.61. The Morgan fingerprint density at radius 3 is 2.45 bits per heavy atom. The zero-order valence-electron chi connectivity index (χ0n) is 37.0. The predicted octanol–water partition coefficient (Wildman–Crippen LogP) is 4.78. The summed E-state index contributed by atoms with van der Waals surface area (Å²) in [5.41, 5.74) is 2.23. The van der Waals surface area contributed by atoms with Crippen molar-refractivity contribution in [1.29, 1.82) is 5.26 Å². The molecule has 3 N–H and O–H groups in total. The van der Waals surface area contributed by atoms with E-state index in [9.17, 15) is 29.4 Å². The van der Waals surface area contributed by atoms with Crippen molar-refractivity contribution in [2.24, 2.45) is 5.92 Å². The van der Waals surface area contributed by atoms with E-state index in [1.54, 1.807) is 54.0 Å². The number of carbonyl (C=O) groups is 3. The molecule has 0 spiro atoms. The number of aromatic hydroxyl groups is 1. The molecule has 0 bridgehead atoms. The van der Waals surface area contributed by atoms with Crippen LogP contribution in [0.25, 0.3) is 22.3 Å². The van der Waals surface area contributed by atoms with E-state index in [1.165, 1.54) is 0 Å². The van der Waals surface area contributed by atoms with Gasteiger partial charge in [0, 0.05) is 85.9 Å². The normalized spacial score (nSPS) is 21.8. The van der Waals surface area contributed by atoms with Gasteiger partial charge in [0.15, 0.2) is 17.1 Å². The van der Waals surface area contributed by atoms with Gasteiger partial charge in [0.1, 0.15) is 24.2 Å². The Labute approximate surface area is 390 Å². The molecule has 5 aromatic rings. The van der Waals surface area contributed by atoms with Crippen LogP contribution in [0.2, 0.25) is 5.02 Å². The molecule has 2 saturated heterocycles. The van der Waals surface area contributed by atoms with Gasteiger partial charge < -0.3 is 39.4 Å². The van der Waals surface area contributed by atoms with Crippen LogP contribution < -0.4 is 20.5 Å². The maximum Gasteiger partial charge on any atom is 0.343 e. The summed E-state index contributed by atoms with van der Waals surface area (Å²) in [6.07, 6.45) is 4.46. The number of amides is 2. The molecule has 1 atom stereocenters. The Kier molecular flexibility index (Phi) is 11.8. The molecule has 3 aromatic heterocycles.